The predicted octanol–water partition coefficient (Wildman–Crippen LogP) is 5.79. The average Bonchev–Trinajstić information content (AvgIpc) is 2.74. The second-order valence-corrected chi connectivity index (χ2v) is 6.53. The molecule has 0 saturated heterocycles. The van der Waals surface area contributed by atoms with Crippen molar-refractivity contribution in [2.45, 2.75) is 13.5 Å². The van der Waals surface area contributed by atoms with Crippen molar-refractivity contribution < 1.29 is 0 Å². The smallest absolute Gasteiger partial charge is 0.151 e. The standard InChI is InChI=1S/C24H21N3/c1-19-12-14-21(15-13-19)23-16-26-24(17-25-23)27(22-10-6-3-7-11-22)18-20-8-4-2-5-9-20/h2-17H,18H2,1H3. The Bertz CT molecular complexity index is 979. The molecule has 0 unspecified atom stereocenters. The minimum atomic E-state index is 0.739. The van der Waals surface area contributed by atoms with Gasteiger partial charge in [0.25, 0.3) is 0 Å². The predicted molar refractivity (Wildman–Crippen MR) is 111 cm³/mol. The van der Waals surface area contributed by atoms with Gasteiger partial charge < -0.3 is 4.90 Å². The molecule has 4 rings (SSSR count). The molecule has 0 saturated carbocycles. The van der Waals surface area contributed by atoms with Crippen molar-refractivity contribution in [3.05, 3.63) is 108 Å². The van der Waals surface area contributed by atoms with E-state index >= 15 is 0 Å². The zero-order chi connectivity index (χ0) is 18.5. The van der Waals surface area contributed by atoms with E-state index < -0.39 is 0 Å². The SMILES string of the molecule is Cc1ccc(-c2cnc(N(Cc3ccccc3)c3ccccc3)cn2)cc1. The topological polar surface area (TPSA) is 29.0 Å². The Kier molecular flexibility index (Phi) is 4.93. The lowest BCUT2D eigenvalue weighted by Gasteiger charge is -2.24. The first-order valence-electron chi connectivity index (χ1n) is 9.05. The zero-order valence-electron chi connectivity index (χ0n) is 15.3. The molecule has 0 bridgehead atoms. The van der Waals surface area contributed by atoms with Gasteiger partial charge in [-0.25, -0.2) is 4.98 Å². The van der Waals surface area contributed by atoms with E-state index in [1.165, 1.54) is 11.1 Å². The van der Waals surface area contributed by atoms with E-state index in [1.54, 1.807) is 0 Å². The van der Waals surface area contributed by atoms with Gasteiger partial charge in [0.2, 0.25) is 0 Å². The highest BCUT2D eigenvalue weighted by Crippen LogP contribution is 2.26. The second kappa shape index (κ2) is 7.83. The van der Waals surface area contributed by atoms with Gasteiger partial charge in [0.1, 0.15) is 0 Å². The second-order valence-electron chi connectivity index (χ2n) is 6.53. The molecular weight excluding hydrogens is 330 g/mol. The van der Waals surface area contributed by atoms with Crippen LogP contribution in [-0.4, -0.2) is 9.97 Å². The van der Waals surface area contributed by atoms with Crippen molar-refractivity contribution in [1.82, 2.24) is 9.97 Å². The van der Waals surface area contributed by atoms with Gasteiger partial charge in [-0.2, -0.15) is 0 Å². The lowest BCUT2D eigenvalue weighted by Crippen LogP contribution is -2.17. The molecule has 3 aromatic carbocycles. The van der Waals surface area contributed by atoms with E-state index in [4.69, 9.17) is 4.98 Å². The Morgan fingerprint density at radius 2 is 1.37 bits per heavy atom. The molecule has 0 aliphatic carbocycles. The van der Waals surface area contributed by atoms with Crippen LogP contribution in [-0.2, 0) is 6.54 Å². The van der Waals surface area contributed by atoms with Gasteiger partial charge in [0.15, 0.2) is 5.82 Å². The maximum absolute atomic E-state index is 4.71. The van der Waals surface area contributed by atoms with Gasteiger partial charge in [-0.1, -0.05) is 78.4 Å². The fourth-order valence-corrected chi connectivity index (χ4v) is 3.01. The molecular formula is C24H21N3. The number of hydrogen-bond acceptors (Lipinski definition) is 3. The summed E-state index contributed by atoms with van der Waals surface area (Å²) in [5, 5.41) is 0. The summed E-state index contributed by atoms with van der Waals surface area (Å²) < 4.78 is 0. The maximum atomic E-state index is 4.71. The lowest BCUT2D eigenvalue weighted by atomic mass is 10.1. The van der Waals surface area contributed by atoms with Crippen LogP contribution in [0.25, 0.3) is 11.3 Å². The van der Waals surface area contributed by atoms with Gasteiger partial charge in [-0.3, -0.25) is 4.98 Å². The van der Waals surface area contributed by atoms with E-state index in [0.29, 0.717) is 0 Å². The average molecular weight is 351 g/mol. The molecule has 0 amide bonds. The summed E-state index contributed by atoms with van der Waals surface area (Å²) in [7, 11) is 0. The molecule has 0 spiro atoms. The van der Waals surface area contributed by atoms with Gasteiger partial charge in [-0.15, -0.1) is 0 Å². The largest absolute Gasteiger partial charge is 0.321 e. The molecule has 0 aliphatic rings. The van der Waals surface area contributed by atoms with Crippen molar-refractivity contribution in [1.29, 1.82) is 0 Å². The van der Waals surface area contributed by atoms with E-state index in [1.807, 2.05) is 36.7 Å². The number of para-hydroxylation sites is 1. The Hall–Kier alpha value is -3.46. The number of anilines is 2. The van der Waals surface area contributed by atoms with Gasteiger partial charge in [0, 0.05) is 17.8 Å². The minimum absolute atomic E-state index is 0.739. The third-order valence-electron chi connectivity index (χ3n) is 4.51. The summed E-state index contributed by atoms with van der Waals surface area (Å²) in [4.78, 5) is 11.6. The quantitative estimate of drug-likeness (QED) is 0.456. The highest BCUT2D eigenvalue weighted by atomic mass is 15.2. The van der Waals surface area contributed by atoms with Crippen LogP contribution in [0.15, 0.2) is 97.3 Å². The third kappa shape index (κ3) is 4.04. The molecule has 27 heavy (non-hydrogen) atoms. The van der Waals surface area contributed by atoms with E-state index in [2.05, 4.69) is 77.5 Å². The van der Waals surface area contributed by atoms with E-state index in [9.17, 15) is 0 Å². The fraction of sp³-hybridized carbons (Fsp3) is 0.0833. The highest BCUT2D eigenvalue weighted by Gasteiger charge is 2.12. The first kappa shape index (κ1) is 17.0. The maximum Gasteiger partial charge on any atom is 0.151 e. The summed E-state index contributed by atoms with van der Waals surface area (Å²) in [6.45, 7) is 2.82. The van der Waals surface area contributed by atoms with Crippen molar-refractivity contribution in [2.75, 3.05) is 4.90 Å². The third-order valence-corrected chi connectivity index (χ3v) is 4.51. The van der Waals surface area contributed by atoms with Crippen molar-refractivity contribution in [3.63, 3.8) is 0 Å². The summed E-state index contributed by atoms with van der Waals surface area (Å²) in [6.07, 6.45) is 3.70. The molecule has 0 aliphatic heterocycles. The number of aromatic nitrogens is 2. The molecule has 3 heteroatoms. The van der Waals surface area contributed by atoms with Crippen LogP contribution in [0.1, 0.15) is 11.1 Å². The number of aryl methyl sites for hydroxylation is 1. The van der Waals surface area contributed by atoms with E-state index in [-0.39, 0.29) is 0 Å². The molecule has 0 N–H and O–H groups in total. The monoisotopic (exact) mass is 351 g/mol. The van der Waals surface area contributed by atoms with E-state index in [0.717, 1.165) is 29.3 Å². The first-order valence-corrected chi connectivity index (χ1v) is 9.05. The van der Waals surface area contributed by atoms with Crippen LogP contribution in [0.4, 0.5) is 11.5 Å². The number of benzene rings is 3. The molecule has 4 aromatic rings. The lowest BCUT2D eigenvalue weighted by molar-refractivity contribution is 0.938. The normalized spacial score (nSPS) is 10.6. The summed E-state index contributed by atoms with van der Waals surface area (Å²) in [5.41, 5.74) is 5.52. The van der Waals surface area contributed by atoms with Crippen LogP contribution in [0.3, 0.4) is 0 Å². The number of hydrogen-bond donors (Lipinski definition) is 0. The Morgan fingerprint density at radius 3 is 2.00 bits per heavy atom. The zero-order valence-corrected chi connectivity index (χ0v) is 15.3. The summed E-state index contributed by atoms with van der Waals surface area (Å²) >= 11 is 0. The molecule has 1 heterocycles. The molecule has 132 valence electrons. The molecule has 0 fully saturated rings. The Balaban J connectivity index is 1.66. The summed E-state index contributed by atoms with van der Waals surface area (Å²) in [5.74, 6) is 0.834. The van der Waals surface area contributed by atoms with Crippen LogP contribution >= 0.6 is 0 Å². The van der Waals surface area contributed by atoms with Crippen molar-refractivity contribution in [2.24, 2.45) is 0 Å². The fourth-order valence-electron chi connectivity index (χ4n) is 3.01. The first-order chi connectivity index (χ1) is 13.3. The van der Waals surface area contributed by atoms with Crippen LogP contribution in [0.5, 0.6) is 0 Å². The molecule has 0 atom stereocenters. The highest BCUT2D eigenvalue weighted by molar-refractivity contribution is 5.63. The van der Waals surface area contributed by atoms with Gasteiger partial charge >= 0.3 is 0 Å². The number of nitrogens with zero attached hydrogens (tertiary/aromatic N) is 3. The number of rotatable bonds is 5. The molecule has 0 radical (unpaired) electrons. The van der Waals surface area contributed by atoms with Crippen LogP contribution in [0, 0.1) is 6.92 Å². The Labute approximate surface area is 160 Å². The van der Waals surface area contributed by atoms with Crippen molar-refractivity contribution in [3.8, 4) is 11.3 Å². The molecule has 3 nitrogen and oxygen atoms in total. The molecule has 1 aromatic heterocycles. The van der Waals surface area contributed by atoms with Gasteiger partial charge in [-0.05, 0) is 24.6 Å². The van der Waals surface area contributed by atoms with Gasteiger partial charge in [0.05, 0.1) is 18.1 Å². The van der Waals surface area contributed by atoms with Crippen LogP contribution in [0.2, 0.25) is 0 Å². The Morgan fingerprint density at radius 1 is 0.704 bits per heavy atom. The minimum Gasteiger partial charge on any atom is -0.321 e. The summed E-state index contributed by atoms with van der Waals surface area (Å²) in [6, 6.07) is 29.1. The van der Waals surface area contributed by atoms with Crippen molar-refractivity contribution >= 4 is 11.5 Å². The van der Waals surface area contributed by atoms with Crippen LogP contribution < -0.4 is 4.90 Å².